The predicted octanol–water partition coefficient (Wildman–Crippen LogP) is -0.425. The lowest BCUT2D eigenvalue weighted by molar-refractivity contribution is -0.104. The van der Waals surface area contributed by atoms with E-state index in [4.69, 9.17) is 5.73 Å². The second-order valence-electron chi connectivity index (χ2n) is 1.86. The zero-order valence-corrected chi connectivity index (χ0v) is 6.11. The molecule has 56 valence electrons. The zero-order chi connectivity index (χ0) is 7.98. The van der Waals surface area contributed by atoms with E-state index in [0.717, 1.165) is 0 Å². The third-order valence-corrected chi connectivity index (χ3v) is 0.830. The SMILES string of the molecule is CN(C)C(N)=NC=CC=O. The number of hydrogen-bond acceptors (Lipinski definition) is 2. The number of nitrogens with two attached hydrogens (primary N) is 1. The molecule has 0 radical (unpaired) electrons. The Morgan fingerprint density at radius 1 is 1.60 bits per heavy atom. The summed E-state index contributed by atoms with van der Waals surface area (Å²) in [6, 6.07) is 0. The number of carbonyl (C=O) groups is 1. The first-order valence-electron chi connectivity index (χ1n) is 2.79. The fraction of sp³-hybridized carbons (Fsp3) is 0.333. The van der Waals surface area contributed by atoms with Crippen LogP contribution >= 0.6 is 0 Å². The Morgan fingerprint density at radius 2 is 2.20 bits per heavy atom. The van der Waals surface area contributed by atoms with E-state index in [1.165, 1.54) is 12.3 Å². The van der Waals surface area contributed by atoms with E-state index in [2.05, 4.69) is 4.99 Å². The molecule has 0 aromatic heterocycles. The molecule has 0 aliphatic rings. The molecule has 10 heavy (non-hydrogen) atoms. The van der Waals surface area contributed by atoms with Crippen molar-refractivity contribution in [2.45, 2.75) is 0 Å². The molecule has 4 nitrogen and oxygen atoms in total. The van der Waals surface area contributed by atoms with Crippen LogP contribution < -0.4 is 5.73 Å². The molecule has 0 rings (SSSR count). The summed E-state index contributed by atoms with van der Waals surface area (Å²) in [4.78, 5) is 15.1. The molecular formula is C6H11N3O. The number of aldehydes is 1. The average Bonchev–Trinajstić information content (AvgIpc) is 1.88. The van der Waals surface area contributed by atoms with Gasteiger partial charge in [-0.2, -0.15) is 0 Å². The number of nitrogens with zero attached hydrogens (tertiary/aromatic N) is 2. The van der Waals surface area contributed by atoms with Crippen molar-refractivity contribution in [3.63, 3.8) is 0 Å². The van der Waals surface area contributed by atoms with Gasteiger partial charge in [-0.3, -0.25) is 4.79 Å². The topological polar surface area (TPSA) is 58.7 Å². The molecule has 0 saturated carbocycles. The van der Waals surface area contributed by atoms with Gasteiger partial charge in [-0.05, 0) is 6.08 Å². The minimum Gasteiger partial charge on any atom is -0.370 e. The highest BCUT2D eigenvalue weighted by atomic mass is 16.1. The van der Waals surface area contributed by atoms with E-state index >= 15 is 0 Å². The maximum atomic E-state index is 9.75. The van der Waals surface area contributed by atoms with Crippen LogP contribution in [0.25, 0.3) is 0 Å². The van der Waals surface area contributed by atoms with Gasteiger partial charge in [0.05, 0.1) is 0 Å². The standard InChI is InChI=1S/C6H11N3O/c1-9(2)6(7)8-4-3-5-10/h3-5H,1-2H3,(H2,7,8). The van der Waals surface area contributed by atoms with Crippen LogP contribution in [0.3, 0.4) is 0 Å². The monoisotopic (exact) mass is 141 g/mol. The molecule has 0 spiro atoms. The molecule has 4 heteroatoms. The molecule has 0 bridgehead atoms. The van der Waals surface area contributed by atoms with Gasteiger partial charge in [0.15, 0.2) is 5.96 Å². The second kappa shape index (κ2) is 4.55. The Bertz CT molecular complexity index is 160. The summed E-state index contributed by atoms with van der Waals surface area (Å²) < 4.78 is 0. The van der Waals surface area contributed by atoms with Crippen LogP contribution in [-0.4, -0.2) is 31.2 Å². The van der Waals surface area contributed by atoms with E-state index in [-0.39, 0.29) is 0 Å². The normalized spacial score (nSPS) is 12.0. The van der Waals surface area contributed by atoms with Crippen LogP contribution in [0.15, 0.2) is 17.3 Å². The summed E-state index contributed by atoms with van der Waals surface area (Å²) in [6.07, 6.45) is 3.27. The molecule has 0 saturated heterocycles. The highest BCUT2D eigenvalue weighted by Gasteiger charge is 1.88. The van der Waals surface area contributed by atoms with Crippen molar-refractivity contribution in [1.82, 2.24) is 4.90 Å². The fourth-order valence-corrected chi connectivity index (χ4v) is 0.270. The van der Waals surface area contributed by atoms with Crippen LogP contribution in [0.5, 0.6) is 0 Å². The summed E-state index contributed by atoms with van der Waals surface area (Å²) in [5, 5.41) is 0. The van der Waals surface area contributed by atoms with E-state index in [0.29, 0.717) is 12.2 Å². The Morgan fingerprint density at radius 3 is 2.60 bits per heavy atom. The molecule has 0 amide bonds. The maximum Gasteiger partial charge on any atom is 0.195 e. The smallest absolute Gasteiger partial charge is 0.195 e. The zero-order valence-electron chi connectivity index (χ0n) is 6.11. The Kier molecular flexibility index (Phi) is 3.95. The minimum atomic E-state index is 0.373. The van der Waals surface area contributed by atoms with Crippen LogP contribution in [0.2, 0.25) is 0 Å². The summed E-state index contributed by atoms with van der Waals surface area (Å²) in [6.45, 7) is 0. The Hall–Kier alpha value is -1.32. The summed E-state index contributed by atoms with van der Waals surface area (Å²) >= 11 is 0. The van der Waals surface area contributed by atoms with E-state index in [1.807, 2.05) is 0 Å². The number of guanidine groups is 1. The van der Waals surface area contributed by atoms with Gasteiger partial charge in [-0.1, -0.05) is 0 Å². The van der Waals surface area contributed by atoms with Crippen molar-refractivity contribution >= 4 is 12.2 Å². The second-order valence-corrected chi connectivity index (χ2v) is 1.86. The molecule has 0 fully saturated rings. The van der Waals surface area contributed by atoms with Crippen molar-refractivity contribution in [1.29, 1.82) is 0 Å². The van der Waals surface area contributed by atoms with Gasteiger partial charge in [0.1, 0.15) is 6.29 Å². The van der Waals surface area contributed by atoms with E-state index < -0.39 is 0 Å². The van der Waals surface area contributed by atoms with Gasteiger partial charge >= 0.3 is 0 Å². The number of allylic oxidation sites excluding steroid dienone is 1. The first-order chi connectivity index (χ1) is 4.68. The summed E-state index contributed by atoms with van der Waals surface area (Å²) in [5.41, 5.74) is 5.37. The van der Waals surface area contributed by atoms with Crippen LogP contribution in [0.4, 0.5) is 0 Å². The average molecular weight is 141 g/mol. The first kappa shape index (κ1) is 8.68. The predicted molar refractivity (Wildman–Crippen MR) is 40.5 cm³/mol. The van der Waals surface area contributed by atoms with E-state index in [9.17, 15) is 4.79 Å². The lowest BCUT2D eigenvalue weighted by atomic mass is 10.7. The lowest BCUT2D eigenvalue weighted by Crippen LogP contribution is -2.29. The van der Waals surface area contributed by atoms with Crippen molar-refractivity contribution in [2.75, 3.05) is 14.1 Å². The largest absolute Gasteiger partial charge is 0.370 e. The number of rotatable bonds is 2. The van der Waals surface area contributed by atoms with Gasteiger partial charge in [0, 0.05) is 20.3 Å². The lowest BCUT2D eigenvalue weighted by Gasteiger charge is -2.08. The van der Waals surface area contributed by atoms with Gasteiger partial charge < -0.3 is 10.6 Å². The Balaban J connectivity index is 3.91. The number of hydrogen-bond donors (Lipinski definition) is 1. The molecule has 0 aromatic carbocycles. The molecule has 0 aliphatic carbocycles. The Labute approximate surface area is 60.0 Å². The van der Waals surface area contributed by atoms with Crippen LogP contribution in [-0.2, 0) is 4.79 Å². The maximum absolute atomic E-state index is 9.75. The van der Waals surface area contributed by atoms with Gasteiger partial charge in [0.2, 0.25) is 0 Å². The third kappa shape index (κ3) is 3.65. The quantitative estimate of drug-likeness (QED) is 0.246. The highest BCUT2D eigenvalue weighted by Crippen LogP contribution is 1.76. The van der Waals surface area contributed by atoms with Crippen LogP contribution in [0.1, 0.15) is 0 Å². The van der Waals surface area contributed by atoms with Crippen molar-refractivity contribution in [3.8, 4) is 0 Å². The minimum absolute atomic E-state index is 0.373. The number of carbonyl (C=O) groups excluding carboxylic acids is 1. The summed E-state index contributed by atoms with van der Waals surface area (Å²) in [7, 11) is 3.54. The molecule has 0 unspecified atom stereocenters. The molecule has 0 atom stereocenters. The fourth-order valence-electron chi connectivity index (χ4n) is 0.270. The van der Waals surface area contributed by atoms with Gasteiger partial charge in [-0.25, -0.2) is 4.99 Å². The number of aliphatic imine (C=N–C) groups is 1. The summed E-state index contributed by atoms with van der Waals surface area (Å²) in [5.74, 6) is 0.373. The first-order valence-corrected chi connectivity index (χ1v) is 2.79. The highest BCUT2D eigenvalue weighted by molar-refractivity contribution is 5.78. The van der Waals surface area contributed by atoms with Crippen molar-refractivity contribution in [3.05, 3.63) is 12.3 Å². The third-order valence-electron chi connectivity index (χ3n) is 0.830. The van der Waals surface area contributed by atoms with Gasteiger partial charge in [0.25, 0.3) is 0 Å². The van der Waals surface area contributed by atoms with Crippen molar-refractivity contribution in [2.24, 2.45) is 10.7 Å². The molecule has 2 N–H and O–H groups in total. The molecule has 0 heterocycles. The molecular weight excluding hydrogens is 130 g/mol. The van der Waals surface area contributed by atoms with Gasteiger partial charge in [-0.15, -0.1) is 0 Å². The van der Waals surface area contributed by atoms with Crippen molar-refractivity contribution < 1.29 is 4.79 Å². The molecule has 0 aliphatic heterocycles. The van der Waals surface area contributed by atoms with Crippen LogP contribution in [0, 0.1) is 0 Å². The van der Waals surface area contributed by atoms with E-state index in [1.54, 1.807) is 19.0 Å². The molecule has 0 aromatic rings.